The Kier molecular flexibility index (Phi) is 5.77. The van der Waals surface area contributed by atoms with E-state index in [9.17, 15) is 4.39 Å². The molecule has 31 heavy (non-hydrogen) atoms. The zero-order valence-corrected chi connectivity index (χ0v) is 18.7. The topological polar surface area (TPSA) is 102 Å². The Morgan fingerprint density at radius 2 is 2.19 bits per heavy atom. The maximum atomic E-state index is 14.2. The number of halogens is 2. The van der Waals surface area contributed by atoms with Crippen molar-refractivity contribution in [3.63, 3.8) is 0 Å². The standard InChI is InChI=1S/C22H22BrFN6O/c1-3-27-21-13(10-25)6-16-9-20(23)29-30(16)18-5-4-15(24)8-17(18)12(2)31-19-7-14(21)11-28-22(19)26/h4-5,7-12,25,27H,3,6H2,1-2H3,(H2,26,28)/b21-13-,25-10?/t12-/m1/s1. The number of hydrogen-bond donors (Lipinski definition) is 3. The number of nitrogen functional groups attached to an aromatic ring is 1. The first-order chi connectivity index (χ1) is 14.9. The van der Waals surface area contributed by atoms with Gasteiger partial charge in [0.2, 0.25) is 0 Å². The minimum Gasteiger partial charge on any atom is -0.482 e. The molecule has 0 unspecified atom stereocenters. The number of pyridine rings is 1. The lowest BCUT2D eigenvalue weighted by Crippen LogP contribution is -2.18. The average molecular weight is 485 g/mol. The van der Waals surface area contributed by atoms with Gasteiger partial charge in [0.25, 0.3) is 0 Å². The van der Waals surface area contributed by atoms with Crippen molar-refractivity contribution in [3.8, 4) is 11.4 Å². The molecule has 0 radical (unpaired) electrons. The van der Waals surface area contributed by atoms with Gasteiger partial charge in [-0.05, 0) is 65.7 Å². The molecule has 9 heteroatoms. The summed E-state index contributed by atoms with van der Waals surface area (Å²) in [6.45, 7) is 4.48. The summed E-state index contributed by atoms with van der Waals surface area (Å²) < 4.78 is 22.7. The van der Waals surface area contributed by atoms with Gasteiger partial charge in [-0.1, -0.05) is 0 Å². The summed E-state index contributed by atoms with van der Waals surface area (Å²) in [5.74, 6) is 0.256. The van der Waals surface area contributed by atoms with Crippen LogP contribution >= 0.6 is 15.9 Å². The lowest BCUT2D eigenvalue weighted by Gasteiger charge is -2.23. The van der Waals surface area contributed by atoms with Crippen LogP contribution in [0, 0.1) is 11.2 Å². The van der Waals surface area contributed by atoms with Gasteiger partial charge in [-0.25, -0.2) is 14.1 Å². The Morgan fingerprint density at radius 1 is 1.39 bits per heavy atom. The number of aromatic nitrogens is 3. The summed E-state index contributed by atoms with van der Waals surface area (Å²) in [6, 6.07) is 8.20. The highest BCUT2D eigenvalue weighted by Crippen LogP contribution is 2.34. The van der Waals surface area contributed by atoms with Gasteiger partial charge in [0, 0.05) is 47.9 Å². The molecule has 1 aliphatic heterocycles. The fraction of sp³-hybridized carbons (Fsp3) is 0.227. The molecule has 0 amide bonds. The van der Waals surface area contributed by atoms with Crippen molar-refractivity contribution in [1.82, 2.24) is 20.1 Å². The number of nitrogens with zero attached hydrogens (tertiary/aromatic N) is 3. The van der Waals surface area contributed by atoms with Crippen LogP contribution in [0.3, 0.4) is 0 Å². The van der Waals surface area contributed by atoms with E-state index in [1.807, 2.05) is 19.9 Å². The van der Waals surface area contributed by atoms with E-state index in [1.54, 1.807) is 23.0 Å². The van der Waals surface area contributed by atoms with E-state index >= 15 is 0 Å². The van der Waals surface area contributed by atoms with E-state index in [0.717, 1.165) is 22.5 Å². The number of nitrogens with one attached hydrogen (secondary N) is 2. The minimum atomic E-state index is -0.519. The van der Waals surface area contributed by atoms with Gasteiger partial charge in [0.1, 0.15) is 16.5 Å². The number of anilines is 1. The normalized spacial score (nSPS) is 18.1. The molecular formula is C22H22BrFN6O. The van der Waals surface area contributed by atoms with Crippen LogP contribution < -0.4 is 15.8 Å². The molecule has 1 atom stereocenters. The van der Waals surface area contributed by atoms with Gasteiger partial charge >= 0.3 is 0 Å². The van der Waals surface area contributed by atoms with Gasteiger partial charge in [-0.3, -0.25) is 0 Å². The SMILES string of the molecule is CCN/C1=C(\C=N)Cc2cc(Br)nn2-c2ccc(F)cc2[C@@H](C)Oc2cc1cnc2N. The number of hydrogen-bond acceptors (Lipinski definition) is 6. The van der Waals surface area contributed by atoms with E-state index < -0.39 is 6.10 Å². The van der Waals surface area contributed by atoms with Crippen molar-refractivity contribution in [2.45, 2.75) is 26.4 Å². The van der Waals surface area contributed by atoms with Gasteiger partial charge in [-0.15, -0.1) is 0 Å². The first kappa shape index (κ1) is 21.0. The highest BCUT2D eigenvalue weighted by Gasteiger charge is 2.22. The molecule has 3 heterocycles. The summed E-state index contributed by atoms with van der Waals surface area (Å²) in [5, 5.41) is 16.0. The third-order valence-corrected chi connectivity index (χ3v) is 5.49. The molecule has 4 rings (SSSR count). The molecular weight excluding hydrogens is 463 g/mol. The molecule has 1 aromatic carbocycles. The first-order valence-corrected chi connectivity index (χ1v) is 10.6. The van der Waals surface area contributed by atoms with Crippen LogP contribution in [0.25, 0.3) is 11.4 Å². The van der Waals surface area contributed by atoms with Crippen LogP contribution in [0.2, 0.25) is 0 Å². The van der Waals surface area contributed by atoms with E-state index in [4.69, 9.17) is 15.9 Å². The number of nitrogens with two attached hydrogens (primary N) is 1. The van der Waals surface area contributed by atoms with Gasteiger partial charge in [0.05, 0.1) is 5.69 Å². The lowest BCUT2D eigenvalue weighted by molar-refractivity contribution is 0.226. The number of allylic oxidation sites excluding steroid dienone is 1. The number of ether oxygens (including phenoxy) is 1. The van der Waals surface area contributed by atoms with E-state index in [-0.39, 0.29) is 11.6 Å². The molecule has 1 aliphatic rings. The van der Waals surface area contributed by atoms with Crippen LogP contribution in [-0.4, -0.2) is 27.5 Å². The van der Waals surface area contributed by atoms with E-state index in [0.29, 0.717) is 34.6 Å². The molecule has 160 valence electrons. The van der Waals surface area contributed by atoms with Crippen LogP contribution in [-0.2, 0) is 6.42 Å². The summed E-state index contributed by atoms with van der Waals surface area (Å²) in [5.41, 5.74) is 10.5. The highest BCUT2D eigenvalue weighted by molar-refractivity contribution is 9.10. The average Bonchev–Trinajstić information content (AvgIpc) is 3.11. The Labute approximate surface area is 187 Å². The monoisotopic (exact) mass is 484 g/mol. The van der Waals surface area contributed by atoms with Crippen molar-refractivity contribution < 1.29 is 9.13 Å². The van der Waals surface area contributed by atoms with Crippen LogP contribution in [0.5, 0.6) is 5.75 Å². The van der Waals surface area contributed by atoms with Crippen LogP contribution in [0.4, 0.5) is 10.2 Å². The molecule has 3 aromatic rings. The third-order valence-electron chi connectivity index (χ3n) is 5.10. The highest BCUT2D eigenvalue weighted by atomic mass is 79.9. The molecule has 4 N–H and O–H groups in total. The fourth-order valence-corrected chi connectivity index (χ4v) is 4.11. The quantitative estimate of drug-likeness (QED) is 0.477. The fourth-order valence-electron chi connectivity index (χ4n) is 3.69. The Hall–Kier alpha value is -3.20. The zero-order chi connectivity index (χ0) is 22.1. The molecule has 0 aliphatic carbocycles. The number of benzene rings is 1. The lowest BCUT2D eigenvalue weighted by atomic mass is 10.0. The summed E-state index contributed by atoms with van der Waals surface area (Å²) in [4.78, 5) is 4.29. The maximum Gasteiger partial charge on any atom is 0.166 e. The second-order valence-electron chi connectivity index (χ2n) is 7.19. The molecule has 0 spiro atoms. The van der Waals surface area contributed by atoms with Gasteiger partial charge in [0.15, 0.2) is 11.6 Å². The third kappa shape index (κ3) is 4.05. The Bertz CT molecular complexity index is 1190. The van der Waals surface area contributed by atoms with Crippen molar-refractivity contribution >= 4 is 33.7 Å². The van der Waals surface area contributed by atoms with Gasteiger partial charge < -0.3 is 21.2 Å². The molecule has 0 fully saturated rings. The Morgan fingerprint density at radius 3 is 2.94 bits per heavy atom. The van der Waals surface area contributed by atoms with Crippen molar-refractivity contribution in [2.24, 2.45) is 0 Å². The summed E-state index contributed by atoms with van der Waals surface area (Å²) in [6.07, 6.45) is 2.88. The van der Waals surface area contributed by atoms with Crippen molar-refractivity contribution in [1.29, 1.82) is 5.41 Å². The van der Waals surface area contributed by atoms with Crippen LogP contribution in [0.1, 0.15) is 36.8 Å². The maximum absolute atomic E-state index is 14.2. The molecule has 0 saturated heterocycles. The molecule has 0 saturated carbocycles. The van der Waals surface area contributed by atoms with E-state index in [2.05, 4.69) is 31.3 Å². The predicted molar refractivity (Wildman–Crippen MR) is 122 cm³/mol. The second-order valence-corrected chi connectivity index (χ2v) is 8.00. The number of rotatable bonds is 3. The molecule has 2 bridgehead atoms. The van der Waals surface area contributed by atoms with Crippen molar-refractivity contribution in [2.75, 3.05) is 12.3 Å². The summed E-state index contributed by atoms with van der Waals surface area (Å²) >= 11 is 3.45. The van der Waals surface area contributed by atoms with Gasteiger partial charge in [-0.2, -0.15) is 5.10 Å². The zero-order valence-electron chi connectivity index (χ0n) is 17.1. The smallest absolute Gasteiger partial charge is 0.166 e. The Balaban J connectivity index is 2.03. The summed E-state index contributed by atoms with van der Waals surface area (Å²) in [7, 11) is 0. The van der Waals surface area contributed by atoms with Crippen molar-refractivity contribution in [3.05, 3.63) is 69.3 Å². The predicted octanol–water partition coefficient (Wildman–Crippen LogP) is 4.42. The van der Waals surface area contributed by atoms with E-state index in [1.165, 1.54) is 18.3 Å². The molecule has 7 nitrogen and oxygen atoms in total. The second kappa shape index (κ2) is 8.50. The molecule has 2 aromatic heterocycles. The minimum absolute atomic E-state index is 0.236. The largest absolute Gasteiger partial charge is 0.482 e. The van der Waals surface area contributed by atoms with Crippen LogP contribution in [0.15, 0.2) is 46.7 Å². The number of fused-ring (bicyclic) bond motifs is 5. The first-order valence-electron chi connectivity index (χ1n) is 9.85.